The molecule has 0 radical (unpaired) electrons. The number of rotatable bonds is 4. The van der Waals surface area contributed by atoms with Crippen molar-refractivity contribution in [2.24, 2.45) is 5.73 Å². The van der Waals surface area contributed by atoms with Gasteiger partial charge in [0.15, 0.2) is 0 Å². The Balaban J connectivity index is 2.45. The lowest BCUT2D eigenvalue weighted by molar-refractivity contribution is -0.118. The molecule has 70 valence electrons. The van der Waals surface area contributed by atoms with Crippen molar-refractivity contribution in [3.05, 3.63) is 29.8 Å². The number of hydrogen-bond donors (Lipinski definition) is 2. The summed E-state index contributed by atoms with van der Waals surface area (Å²) < 4.78 is 0. The molecule has 0 saturated heterocycles. The third-order valence-corrected chi connectivity index (χ3v) is 1.92. The Morgan fingerprint density at radius 2 is 2.00 bits per heavy atom. The van der Waals surface area contributed by atoms with Crippen LogP contribution in [0.2, 0.25) is 0 Å². The molecule has 0 aliphatic carbocycles. The van der Waals surface area contributed by atoms with Gasteiger partial charge in [0, 0.05) is 12.1 Å². The van der Waals surface area contributed by atoms with Gasteiger partial charge < -0.3 is 11.5 Å². The highest BCUT2D eigenvalue weighted by Crippen LogP contribution is 2.13. The Morgan fingerprint density at radius 1 is 1.31 bits per heavy atom. The third kappa shape index (κ3) is 3.15. The van der Waals surface area contributed by atoms with Crippen molar-refractivity contribution in [2.75, 3.05) is 5.73 Å². The van der Waals surface area contributed by atoms with Crippen molar-refractivity contribution < 1.29 is 4.79 Å². The van der Waals surface area contributed by atoms with Crippen molar-refractivity contribution in [1.29, 1.82) is 0 Å². The summed E-state index contributed by atoms with van der Waals surface area (Å²) in [7, 11) is 0. The summed E-state index contributed by atoms with van der Waals surface area (Å²) in [6, 6.07) is 7.67. The smallest absolute Gasteiger partial charge is 0.217 e. The van der Waals surface area contributed by atoms with Gasteiger partial charge in [-0.25, -0.2) is 0 Å². The van der Waals surface area contributed by atoms with E-state index < -0.39 is 0 Å². The molecule has 1 aromatic rings. The van der Waals surface area contributed by atoms with E-state index in [0.29, 0.717) is 6.42 Å². The van der Waals surface area contributed by atoms with E-state index in [1.54, 1.807) is 0 Å². The minimum Gasteiger partial charge on any atom is -0.399 e. The summed E-state index contributed by atoms with van der Waals surface area (Å²) in [4.78, 5) is 10.5. The quantitative estimate of drug-likeness (QED) is 0.677. The normalized spacial score (nSPS) is 9.85. The first-order valence-corrected chi connectivity index (χ1v) is 4.32. The number of aryl methyl sites for hydroxylation is 1. The fourth-order valence-electron chi connectivity index (χ4n) is 1.21. The number of nitrogens with two attached hydrogens (primary N) is 2. The number of hydrogen-bond acceptors (Lipinski definition) is 2. The molecule has 0 saturated carbocycles. The number of carbonyl (C=O) groups excluding carboxylic acids is 1. The number of anilines is 1. The van der Waals surface area contributed by atoms with Crippen molar-refractivity contribution >= 4 is 11.6 Å². The lowest BCUT2D eigenvalue weighted by Gasteiger charge is -2.03. The average Bonchev–Trinajstić information content (AvgIpc) is 2.08. The number of benzene rings is 1. The highest BCUT2D eigenvalue weighted by atomic mass is 16.1. The number of carbonyl (C=O) groups is 1. The average molecular weight is 178 g/mol. The number of primary amides is 1. The summed E-state index contributed by atoms with van der Waals surface area (Å²) >= 11 is 0. The minimum atomic E-state index is -0.255. The van der Waals surface area contributed by atoms with Crippen LogP contribution in [0, 0.1) is 0 Å². The molecule has 3 nitrogen and oxygen atoms in total. The van der Waals surface area contributed by atoms with Crippen LogP contribution < -0.4 is 11.5 Å². The number of nitrogen functional groups attached to an aromatic ring is 1. The standard InChI is InChI=1S/C10H14N2O/c11-9-6-2-1-4-8(9)5-3-7-10(12)13/h1-2,4,6H,3,5,7,11H2,(H2,12,13). The summed E-state index contributed by atoms with van der Waals surface area (Å²) in [6.07, 6.45) is 2.01. The Hall–Kier alpha value is -1.51. The van der Waals surface area contributed by atoms with Gasteiger partial charge >= 0.3 is 0 Å². The van der Waals surface area contributed by atoms with Crippen LogP contribution in [-0.2, 0) is 11.2 Å². The van der Waals surface area contributed by atoms with E-state index in [9.17, 15) is 4.79 Å². The van der Waals surface area contributed by atoms with Crippen molar-refractivity contribution in [2.45, 2.75) is 19.3 Å². The summed E-state index contributed by atoms with van der Waals surface area (Å²) in [5.74, 6) is -0.255. The largest absolute Gasteiger partial charge is 0.399 e. The Kier molecular flexibility index (Phi) is 3.31. The zero-order chi connectivity index (χ0) is 9.68. The second-order valence-corrected chi connectivity index (χ2v) is 3.02. The molecule has 0 atom stereocenters. The van der Waals surface area contributed by atoms with Crippen LogP contribution in [-0.4, -0.2) is 5.91 Å². The Labute approximate surface area is 77.7 Å². The van der Waals surface area contributed by atoms with Crippen LogP contribution >= 0.6 is 0 Å². The second-order valence-electron chi connectivity index (χ2n) is 3.02. The Morgan fingerprint density at radius 3 is 2.62 bits per heavy atom. The molecule has 13 heavy (non-hydrogen) atoms. The van der Waals surface area contributed by atoms with Gasteiger partial charge in [-0.15, -0.1) is 0 Å². The lowest BCUT2D eigenvalue weighted by atomic mass is 10.1. The molecule has 0 heterocycles. The Bertz CT molecular complexity index is 297. The van der Waals surface area contributed by atoms with Gasteiger partial charge in [-0.3, -0.25) is 4.79 Å². The van der Waals surface area contributed by atoms with E-state index in [1.807, 2.05) is 24.3 Å². The summed E-state index contributed by atoms with van der Waals surface area (Å²) in [5, 5.41) is 0. The molecule has 0 unspecified atom stereocenters. The van der Waals surface area contributed by atoms with Crippen LogP contribution in [0.1, 0.15) is 18.4 Å². The van der Waals surface area contributed by atoms with E-state index in [1.165, 1.54) is 0 Å². The summed E-state index contributed by atoms with van der Waals surface area (Å²) in [5.41, 5.74) is 12.6. The highest BCUT2D eigenvalue weighted by molar-refractivity contribution is 5.73. The first-order valence-electron chi connectivity index (χ1n) is 4.32. The molecular formula is C10H14N2O. The zero-order valence-corrected chi connectivity index (χ0v) is 7.49. The van der Waals surface area contributed by atoms with Gasteiger partial charge in [-0.2, -0.15) is 0 Å². The maximum atomic E-state index is 10.5. The van der Waals surface area contributed by atoms with Gasteiger partial charge in [0.1, 0.15) is 0 Å². The van der Waals surface area contributed by atoms with Crippen LogP contribution in [0.15, 0.2) is 24.3 Å². The number of para-hydroxylation sites is 1. The summed E-state index contributed by atoms with van der Waals surface area (Å²) in [6.45, 7) is 0. The monoisotopic (exact) mass is 178 g/mol. The minimum absolute atomic E-state index is 0.255. The van der Waals surface area contributed by atoms with Crippen molar-refractivity contribution in [3.8, 4) is 0 Å². The van der Waals surface area contributed by atoms with Crippen LogP contribution in [0.3, 0.4) is 0 Å². The molecule has 4 N–H and O–H groups in total. The second kappa shape index (κ2) is 4.50. The van der Waals surface area contributed by atoms with E-state index >= 15 is 0 Å². The van der Waals surface area contributed by atoms with Crippen LogP contribution in [0.25, 0.3) is 0 Å². The fraction of sp³-hybridized carbons (Fsp3) is 0.300. The van der Waals surface area contributed by atoms with E-state index in [4.69, 9.17) is 11.5 Å². The molecule has 0 bridgehead atoms. The van der Waals surface area contributed by atoms with Crippen LogP contribution in [0.4, 0.5) is 5.69 Å². The van der Waals surface area contributed by atoms with Crippen molar-refractivity contribution in [3.63, 3.8) is 0 Å². The number of amides is 1. The molecule has 0 aliphatic heterocycles. The molecule has 3 heteroatoms. The predicted molar refractivity (Wildman–Crippen MR) is 53.0 cm³/mol. The van der Waals surface area contributed by atoms with Gasteiger partial charge in [-0.1, -0.05) is 18.2 Å². The van der Waals surface area contributed by atoms with Crippen LogP contribution in [0.5, 0.6) is 0 Å². The molecule has 0 aliphatic rings. The fourth-order valence-corrected chi connectivity index (χ4v) is 1.21. The molecular weight excluding hydrogens is 164 g/mol. The van der Waals surface area contributed by atoms with Gasteiger partial charge in [-0.05, 0) is 24.5 Å². The SMILES string of the molecule is NC(=O)CCCc1ccccc1N. The maximum Gasteiger partial charge on any atom is 0.217 e. The third-order valence-electron chi connectivity index (χ3n) is 1.92. The molecule has 1 amide bonds. The highest BCUT2D eigenvalue weighted by Gasteiger charge is 1.99. The van der Waals surface area contributed by atoms with E-state index in [0.717, 1.165) is 24.1 Å². The predicted octanol–water partition coefficient (Wildman–Crippen LogP) is 1.08. The van der Waals surface area contributed by atoms with Gasteiger partial charge in [0.2, 0.25) is 5.91 Å². The van der Waals surface area contributed by atoms with Crippen molar-refractivity contribution in [1.82, 2.24) is 0 Å². The van der Waals surface area contributed by atoms with E-state index in [-0.39, 0.29) is 5.91 Å². The molecule has 0 fully saturated rings. The topological polar surface area (TPSA) is 69.1 Å². The maximum absolute atomic E-state index is 10.5. The first-order chi connectivity index (χ1) is 6.20. The molecule has 0 aromatic heterocycles. The lowest BCUT2D eigenvalue weighted by Crippen LogP contribution is -2.10. The molecule has 1 aromatic carbocycles. The zero-order valence-electron chi connectivity index (χ0n) is 7.49. The first kappa shape index (κ1) is 9.58. The molecule has 0 spiro atoms. The van der Waals surface area contributed by atoms with E-state index in [2.05, 4.69) is 0 Å². The molecule has 1 rings (SSSR count). The van der Waals surface area contributed by atoms with Gasteiger partial charge in [0.05, 0.1) is 0 Å². The van der Waals surface area contributed by atoms with Gasteiger partial charge in [0.25, 0.3) is 0 Å².